The summed E-state index contributed by atoms with van der Waals surface area (Å²) in [5.41, 5.74) is 0.498. The molecule has 0 saturated carbocycles. The number of hydrogen-bond donors (Lipinski definition) is 0. The standard InChI is InChI=1S/C12H17ClO3Si/c1-8(14)9-6-10(13)12(15-2)7-11(9)16-17(3,4)5/h6-7H,1-5H3. The van der Waals surface area contributed by atoms with Gasteiger partial charge in [0.15, 0.2) is 5.78 Å². The molecule has 0 saturated heterocycles. The number of ketones is 1. The monoisotopic (exact) mass is 272 g/mol. The minimum atomic E-state index is -1.78. The summed E-state index contributed by atoms with van der Waals surface area (Å²) >= 11 is 6.00. The second-order valence-corrected chi connectivity index (χ2v) is 9.59. The molecular formula is C12H17ClO3Si. The Morgan fingerprint density at radius 2 is 1.82 bits per heavy atom. The first kappa shape index (κ1) is 14.1. The molecule has 17 heavy (non-hydrogen) atoms. The van der Waals surface area contributed by atoms with Gasteiger partial charge in [-0.2, -0.15) is 0 Å². The zero-order chi connectivity index (χ0) is 13.2. The fourth-order valence-corrected chi connectivity index (χ4v) is 2.45. The van der Waals surface area contributed by atoms with Crippen LogP contribution in [0.15, 0.2) is 12.1 Å². The normalized spacial score (nSPS) is 11.2. The second kappa shape index (κ2) is 5.10. The summed E-state index contributed by atoms with van der Waals surface area (Å²) in [6, 6.07) is 3.27. The molecule has 0 unspecified atom stereocenters. The fourth-order valence-electron chi connectivity index (χ4n) is 1.38. The number of carbonyl (C=O) groups excluding carboxylic acids is 1. The average molecular weight is 273 g/mol. The molecule has 0 radical (unpaired) electrons. The topological polar surface area (TPSA) is 35.5 Å². The Labute approximate surface area is 108 Å². The predicted molar refractivity (Wildman–Crippen MR) is 72.0 cm³/mol. The molecule has 0 aliphatic carbocycles. The molecule has 1 aromatic carbocycles. The smallest absolute Gasteiger partial charge is 0.242 e. The molecule has 3 nitrogen and oxygen atoms in total. The van der Waals surface area contributed by atoms with Crippen LogP contribution in [0.5, 0.6) is 11.5 Å². The van der Waals surface area contributed by atoms with Crippen LogP contribution in [0.1, 0.15) is 17.3 Å². The van der Waals surface area contributed by atoms with Crippen LogP contribution in [0.25, 0.3) is 0 Å². The SMILES string of the molecule is COc1cc(O[Si](C)(C)C)c(C(C)=O)cc1Cl. The number of methoxy groups -OCH3 is 1. The van der Waals surface area contributed by atoms with E-state index in [2.05, 4.69) is 19.6 Å². The van der Waals surface area contributed by atoms with Gasteiger partial charge in [-0.25, -0.2) is 0 Å². The molecule has 0 heterocycles. The number of halogens is 1. The first-order valence-electron chi connectivity index (χ1n) is 5.32. The highest BCUT2D eigenvalue weighted by molar-refractivity contribution is 6.70. The maximum atomic E-state index is 11.5. The lowest BCUT2D eigenvalue weighted by atomic mass is 10.1. The van der Waals surface area contributed by atoms with Gasteiger partial charge in [0.25, 0.3) is 0 Å². The van der Waals surface area contributed by atoms with Crippen LogP contribution in [0, 0.1) is 0 Å². The predicted octanol–water partition coefficient (Wildman–Crippen LogP) is 3.76. The first-order chi connectivity index (χ1) is 7.74. The number of benzene rings is 1. The lowest BCUT2D eigenvalue weighted by molar-refractivity contribution is 0.101. The van der Waals surface area contributed by atoms with Gasteiger partial charge in [0, 0.05) is 6.07 Å². The lowest BCUT2D eigenvalue weighted by Gasteiger charge is -2.21. The summed E-state index contributed by atoms with van der Waals surface area (Å²) in [6.45, 7) is 7.66. The maximum absolute atomic E-state index is 11.5. The van der Waals surface area contributed by atoms with Gasteiger partial charge >= 0.3 is 0 Å². The molecule has 0 amide bonds. The van der Waals surface area contributed by atoms with Crippen LogP contribution >= 0.6 is 11.6 Å². The van der Waals surface area contributed by atoms with Gasteiger partial charge in [-0.1, -0.05) is 11.6 Å². The molecule has 0 aliphatic rings. The third-order valence-electron chi connectivity index (χ3n) is 2.05. The Hall–Kier alpha value is -1.00. The van der Waals surface area contributed by atoms with E-state index in [1.807, 2.05) is 0 Å². The molecular weight excluding hydrogens is 256 g/mol. The van der Waals surface area contributed by atoms with Crippen molar-refractivity contribution in [3.05, 3.63) is 22.7 Å². The molecule has 1 rings (SSSR count). The zero-order valence-electron chi connectivity index (χ0n) is 10.8. The second-order valence-electron chi connectivity index (χ2n) is 4.75. The number of hydrogen-bond acceptors (Lipinski definition) is 3. The van der Waals surface area contributed by atoms with Crippen LogP contribution in [0.4, 0.5) is 0 Å². The van der Waals surface area contributed by atoms with Crippen LogP contribution in [-0.4, -0.2) is 21.2 Å². The van der Waals surface area contributed by atoms with Crippen molar-refractivity contribution >= 4 is 25.7 Å². The summed E-state index contributed by atoms with van der Waals surface area (Å²) in [6.07, 6.45) is 0. The molecule has 0 N–H and O–H groups in total. The highest BCUT2D eigenvalue weighted by atomic mass is 35.5. The van der Waals surface area contributed by atoms with E-state index >= 15 is 0 Å². The largest absolute Gasteiger partial charge is 0.544 e. The summed E-state index contributed by atoms with van der Waals surface area (Å²) < 4.78 is 11.0. The Morgan fingerprint density at radius 3 is 2.24 bits per heavy atom. The Morgan fingerprint density at radius 1 is 1.24 bits per heavy atom. The Bertz CT molecular complexity index is 438. The summed E-state index contributed by atoms with van der Waals surface area (Å²) in [5, 5.41) is 0.417. The van der Waals surface area contributed by atoms with Gasteiger partial charge in [0.1, 0.15) is 11.5 Å². The maximum Gasteiger partial charge on any atom is 0.242 e. The van der Waals surface area contributed by atoms with E-state index < -0.39 is 8.32 Å². The van der Waals surface area contributed by atoms with Crippen LogP contribution in [0.2, 0.25) is 24.7 Å². The molecule has 0 aromatic heterocycles. The number of carbonyl (C=O) groups is 1. The van der Waals surface area contributed by atoms with Gasteiger partial charge in [-0.05, 0) is 32.6 Å². The molecule has 94 valence electrons. The van der Waals surface area contributed by atoms with Crippen molar-refractivity contribution in [1.29, 1.82) is 0 Å². The Kier molecular flexibility index (Phi) is 4.22. The molecule has 1 aromatic rings. The minimum absolute atomic E-state index is 0.0668. The third kappa shape index (κ3) is 3.75. The van der Waals surface area contributed by atoms with E-state index in [0.717, 1.165) is 0 Å². The number of rotatable bonds is 4. The van der Waals surface area contributed by atoms with Gasteiger partial charge in [0.05, 0.1) is 17.7 Å². The van der Waals surface area contributed by atoms with Crippen LogP contribution in [0.3, 0.4) is 0 Å². The van der Waals surface area contributed by atoms with Crippen molar-refractivity contribution in [2.45, 2.75) is 26.6 Å². The number of ether oxygens (including phenoxy) is 1. The van der Waals surface area contributed by atoms with E-state index in [9.17, 15) is 4.79 Å². The lowest BCUT2D eigenvalue weighted by Crippen LogP contribution is -2.30. The minimum Gasteiger partial charge on any atom is -0.544 e. The fraction of sp³-hybridized carbons (Fsp3) is 0.417. The van der Waals surface area contributed by atoms with Crippen molar-refractivity contribution in [2.24, 2.45) is 0 Å². The van der Waals surface area contributed by atoms with E-state index in [1.165, 1.54) is 14.0 Å². The van der Waals surface area contributed by atoms with Gasteiger partial charge in [-0.3, -0.25) is 4.79 Å². The summed E-state index contributed by atoms with van der Waals surface area (Å²) in [4.78, 5) is 11.5. The summed E-state index contributed by atoms with van der Waals surface area (Å²) in [5.74, 6) is 1.01. The summed E-state index contributed by atoms with van der Waals surface area (Å²) in [7, 11) is -0.245. The Balaban J connectivity index is 3.29. The average Bonchev–Trinajstić information content (AvgIpc) is 2.17. The van der Waals surface area contributed by atoms with E-state index in [0.29, 0.717) is 22.1 Å². The molecule has 0 atom stereocenters. The van der Waals surface area contributed by atoms with Crippen molar-refractivity contribution < 1.29 is 14.0 Å². The van der Waals surface area contributed by atoms with Crippen LogP contribution in [-0.2, 0) is 0 Å². The molecule has 0 aliphatic heterocycles. The zero-order valence-corrected chi connectivity index (χ0v) is 12.5. The quantitative estimate of drug-likeness (QED) is 0.618. The molecule has 0 spiro atoms. The van der Waals surface area contributed by atoms with Gasteiger partial charge in [-0.15, -0.1) is 0 Å². The highest BCUT2D eigenvalue weighted by Gasteiger charge is 2.21. The number of Topliss-reactive ketones (excluding diaryl/α,β-unsaturated/α-hetero) is 1. The van der Waals surface area contributed by atoms with Crippen molar-refractivity contribution in [3.63, 3.8) is 0 Å². The van der Waals surface area contributed by atoms with Gasteiger partial charge in [0.2, 0.25) is 8.32 Å². The van der Waals surface area contributed by atoms with Crippen molar-refractivity contribution in [3.8, 4) is 11.5 Å². The van der Waals surface area contributed by atoms with E-state index in [1.54, 1.807) is 12.1 Å². The molecule has 0 bridgehead atoms. The van der Waals surface area contributed by atoms with E-state index in [4.69, 9.17) is 20.8 Å². The highest BCUT2D eigenvalue weighted by Crippen LogP contribution is 2.34. The van der Waals surface area contributed by atoms with Crippen molar-refractivity contribution in [2.75, 3.05) is 7.11 Å². The van der Waals surface area contributed by atoms with Crippen molar-refractivity contribution in [1.82, 2.24) is 0 Å². The third-order valence-corrected chi connectivity index (χ3v) is 3.18. The molecule has 5 heteroatoms. The van der Waals surface area contributed by atoms with E-state index in [-0.39, 0.29) is 5.78 Å². The van der Waals surface area contributed by atoms with Gasteiger partial charge < -0.3 is 9.16 Å². The molecule has 0 fully saturated rings. The van der Waals surface area contributed by atoms with Crippen LogP contribution < -0.4 is 9.16 Å². The first-order valence-corrected chi connectivity index (χ1v) is 9.10.